The molecule has 1 aromatic carbocycles. The van der Waals surface area contributed by atoms with Crippen LogP contribution in [-0.4, -0.2) is 19.2 Å². The van der Waals surface area contributed by atoms with E-state index in [0.717, 1.165) is 5.56 Å². The molecule has 0 unspecified atom stereocenters. The van der Waals surface area contributed by atoms with Gasteiger partial charge in [-0.25, -0.2) is 8.42 Å². The minimum atomic E-state index is -3.51. The van der Waals surface area contributed by atoms with Gasteiger partial charge in [0.15, 0.2) is 0 Å². The predicted molar refractivity (Wildman–Crippen MR) is 81.2 cm³/mol. The second-order valence-electron chi connectivity index (χ2n) is 4.23. The summed E-state index contributed by atoms with van der Waals surface area (Å²) in [7, 11) is -3.51. The lowest BCUT2D eigenvalue weighted by molar-refractivity contribution is 0.600. The van der Waals surface area contributed by atoms with Gasteiger partial charge < -0.3 is 5.73 Å². The summed E-state index contributed by atoms with van der Waals surface area (Å²) in [5.41, 5.74) is 7.14. The van der Waals surface area contributed by atoms with E-state index in [9.17, 15) is 8.42 Å². The van der Waals surface area contributed by atoms with E-state index in [2.05, 4.69) is 9.71 Å². The third kappa shape index (κ3) is 3.85. The molecule has 0 fully saturated rings. The minimum Gasteiger partial charge on any atom is -0.397 e. The highest BCUT2D eigenvalue weighted by atomic mass is 35.5. The van der Waals surface area contributed by atoms with Crippen LogP contribution in [-0.2, 0) is 16.4 Å². The number of benzene rings is 1. The number of nitrogens with zero attached hydrogens (tertiary/aromatic N) is 1. The summed E-state index contributed by atoms with van der Waals surface area (Å²) in [6.45, 7) is 0. The summed E-state index contributed by atoms with van der Waals surface area (Å²) in [4.78, 5) is 3.88. The largest absolute Gasteiger partial charge is 0.397 e. The molecular formula is C13H14ClN3O2S. The maximum Gasteiger partial charge on any atom is 0.233 e. The third-order valence-electron chi connectivity index (χ3n) is 2.71. The number of pyridine rings is 1. The van der Waals surface area contributed by atoms with Crippen LogP contribution in [0.5, 0.6) is 0 Å². The van der Waals surface area contributed by atoms with E-state index in [4.69, 9.17) is 17.3 Å². The van der Waals surface area contributed by atoms with Crippen LogP contribution in [0.1, 0.15) is 5.56 Å². The summed E-state index contributed by atoms with van der Waals surface area (Å²) in [5, 5.41) is 0.275. The number of hydrogen-bond donors (Lipinski definition) is 2. The SMILES string of the molecule is Nc1cccc(Cl)c1NS(=O)(=O)CCc1ccncc1. The number of nitrogen functional groups attached to an aromatic ring is 1. The average Bonchev–Trinajstić information content (AvgIpc) is 2.42. The van der Waals surface area contributed by atoms with Gasteiger partial charge in [0.05, 0.1) is 22.2 Å². The maximum atomic E-state index is 12.0. The van der Waals surface area contributed by atoms with Gasteiger partial charge >= 0.3 is 0 Å². The molecule has 1 heterocycles. The smallest absolute Gasteiger partial charge is 0.233 e. The van der Waals surface area contributed by atoms with Crippen LogP contribution in [0.15, 0.2) is 42.7 Å². The van der Waals surface area contributed by atoms with Crippen molar-refractivity contribution in [3.63, 3.8) is 0 Å². The van der Waals surface area contributed by atoms with Gasteiger partial charge in [-0.05, 0) is 36.2 Å². The Balaban J connectivity index is 2.08. The van der Waals surface area contributed by atoms with Crippen LogP contribution in [0, 0.1) is 0 Å². The van der Waals surface area contributed by atoms with E-state index in [1.165, 1.54) is 0 Å². The van der Waals surface area contributed by atoms with Crippen molar-refractivity contribution in [2.75, 3.05) is 16.2 Å². The van der Waals surface area contributed by atoms with Crippen LogP contribution < -0.4 is 10.5 Å². The van der Waals surface area contributed by atoms with E-state index in [0.29, 0.717) is 12.1 Å². The zero-order valence-electron chi connectivity index (χ0n) is 10.6. The van der Waals surface area contributed by atoms with Crippen LogP contribution in [0.3, 0.4) is 0 Å². The molecule has 7 heteroatoms. The van der Waals surface area contributed by atoms with E-state index in [1.54, 1.807) is 42.7 Å². The van der Waals surface area contributed by atoms with Crippen molar-refractivity contribution in [1.82, 2.24) is 4.98 Å². The first-order chi connectivity index (χ1) is 9.48. The number of nitrogens with two attached hydrogens (primary N) is 1. The van der Waals surface area contributed by atoms with Crippen LogP contribution >= 0.6 is 11.6 Å². The highest BCUT2D eigenvalue weighted by Gasteiger charge is 2.14. The zero-order chi connectivity index (χ0) is 14.6. The second kappa shape index (κ2) is 6.11. The Morgan fingerprint density at radius 1 is 1.20 bits per heavy atom. The van der Waals surface area contributed by atoms with Gasteiger partial charge in [0.25, 0.3) is 0 Å². The van der Waals surface area contributed by atoms with Gasteiger partial charge in [-0.15, -0.1) is 0 Å². The van der Waals surface area contributed by atoms with Gasteiger partial charge in [-0.3, -0.25) is 9.71 Å². The number of hydrogen-bond acceptors (Lipinski definition) is 4. The lowest BCUT2D eigenvalue weighted by Gasteiger charge is -2.11. The van der Waals surface area contributed by atoms with Crippen LogP contribution in [0.2, 0.25) is 5.02 Å². The van der Waals surface area contributed by atoms with Crippen molar-refractivity contribution in [1.29, 1.82) is 0 Å². The van der Waals surface area contributed by atoms with Gasteiger partial charge in [0.1, 0.15) is 0 Å². The standard InChI is InChI=1S/C13H14ClN3O2S/c14-11-2-1-3-12(15)13(11)17-20(18,19)9-6-10-4-7-16-8-5-10/h1-5,7-8,17H,6,9,15H2. The molecule has 106 valence electrons. The molecule has 20 heavy (non-hydrogen) atoms. The lowest BCUT2D eigenvalue weighted by Crippen LogP contribution is -2.19. The molecule has 0 saturated heterocycles. The first-order valence-corrected chi connectivity index (χ1v) is 7.94. The molecule has 0 aliphatic carbocycles. The Bertz CT molecular complexity index is 670. The number of aryl methyl sites for hydroxylation is 1. The third-order valence-corrected chi connectivity index (χ3v) is 4.28. The zero-order valence-corrected chi connectivity index (χ0v) is 12.2. The van der Waals surface area contributed by atoms with Gasteiger partial charge in [-0.2, -0.15) is 0 Å². The molecule has 0 atom stereocenters. The molecule has 1 aromatic heterocycles. The van der Waals surface area contributed by atoms with Crippen molar-refractivity contribution in [2.45, 2.75) is 6.42 Å². The fourth-order valence-corrected chi connectivity index (χ4v) is 3.09. The monoisotopic (exact) mass is 311 g/mol. The molecule has 2 rings (SSSR count). The Morgan fingerprint density at radius 3 is 2.55 bits per heavy atom. The Labute approximate surface area is 122 Å². The van der Waals surface area contributed by atoms with Gasteiger partial charge in [0.2, 0.25) is 10.0 Å². The second-order valence-corrected chi connectivity index (χ2v) is 6.48. The number of anilines is 2. The molecule has 0 saturated carbocycles. The summed E-state index contributed by atoms with van der Waals surface area (Å²) < 4.78 is 26.5. The summed E-state index contributed by atoms with van der Waals surface area (Å²) in [6, 6.07) is 8.39. The van der Waals surface area contributed by atoms with Crippen molar-refractivity contribution in [2.24, 2.45) is 0 Å². The highest BCUT2D eigenvalue weighted by molar-refractivity contribution is 7.92. The summed E-state index contributed by atoms with van der Waals surface area (Å²) in [5.74, 6) is -0.0539. The van der Waals surface area contributed by atoms with Crippen molar-refractivity contribution >= 4 is 33.0 Å². The van der Waals surface area contributed by atoms with Gasteiger partial charge in [-0.1, -0.05) is 17.7 Å². The number of para-hydroxylation sites is 1. The highest BCUT2D eigenvalue weighted by Crippen LogP contribution is 2.28. The Morgan fingerprint density at radius 2 is 1.90 bits per heavy atom. The van der Waals surface area contributed by atoms with Crippen molar-refractivity contribution < 1.29 is 8.42 Å². The minimum absolute atomic E-state index is 0.0539. The molecule has 3 N–H and O–H groups in total. The molecule has 2 aromatic rings. The molecule has 0 spiro atoms. The predicted octanol–water partition coefficient (Wildman–Crippen LogP) is 2.30. The normalized spacial score (nSPS) is 11.2. The number of sulfonamides is 1. The fraction of sp³-hybridized carbons (Fsp3) is 0.154. The molecular weight excluding hydrogens is 298 g/mol. The first-order valence-electron chi connectivity index (χ1n) is 5.91. The molecule has 0 aliphatic heterocycles. The van der Waals surface area contributed by atoms with Crippen molar-refractivity contribution in [3.05, 3.63) is 53.3 Å². The fourth-order valence-electron chi connectivity index (χ4n) is 1.66. The number of nitrogens with one attached hydrogen (secondary N) is 1. The maximum absolute atomic E-state index is 12.0. The Kier molecular flexibility index (Phi) is 4.46. The average molecular weight is 312 g/mol. The topological polar surface area (TPSA) is 85.1 Å². The van der Waals surface area contributed by atoms with E-state index < -0.39 is 10.0 Å². The summed E-state index contributed by atoms with van der Waals surface area (Å²) >= 11 is 5.94. The molecule has 0 amide bonds. The van der Waals surface area contributed by atoms with E-state index >= 15 is 0 Å². The molecule has 5 nitrogen and oxygen atoms in total. The van der Waals surface area contributed by atoms with Gasteiger partial charge in [0, 0.05) is 12.4 Å². The van der Waals surface area contributed by atoms with E-state index in [-0.39, 0.29) is 16.5 Å². The quantitative estimate of drug-likeness (QED) is 0.830. The van der Waals surface area contributed by atoms with Crippen molar-refractivity contribution in [3.8, 4) is 0 Å². The lowest BCUT2D eigenvalue weighted by atomic mass is 10.2. The molecule has 0 bridgehead atoms. The van der Waals surface area contributed by atoms with Crippen LogP contribution in [0.4, 0.5) is 11.4 Å². The number of rotatable bonds is 5. The molecule has 0 radical (unpaired) electrons. The number of halogens is 1. The van der Waals surface area contributed by atoms with Crippen LogP contribution in [0.25, 0.3) is 0 Å². The molecule has 0 aliphatic rings. The first kappa shape index (κ1) is 14.6. The summed E-state index contributed by atoms with van der Waals surface area (Å²) in [6.07, 6.45) is 3.64. The van der Waals surface area contributed by atoms with E-state index in [1.807, 2.05) is 0 Å². The number of aromatic nitrogens is 1. The Hall–Kier alpha value is -1.79.